The van der Waals surface area contributed by atoms with Crippen LogP contribution in [0, 0.1) is 0 Å². The lowest BCUT2D eigenvalue weighted by atomic mass is 10.0. The molecule has 1 N–H and O–H groups in total. The molecule has 108 valence electrons. The smallest absolute Gasteiger partial charge is 0.151 e. The second kappa shape index (κ2) is 7.07. The van der Waals surface area contributed by atoms with Gasteiger partial charge in [0.15, 0.2) is 5.82 Å². The highest BCUT2D eigenvalue weighted by Gasteiger charge is 2.12. The zero-order valence-corrected chi connectivity index (χ0v) is 13.1. The molecule has 2 aromatic rings. The van der Waals surface area contributed by atoms with E-state index in [1.54, 1.807) is 17.1 Å². The average molecular weight is 313 g/mol. The molecule has 0 fully saturated rings. The van der Waals surface area contributed by atoms with Gasteiger partial charge in [0.25, 0.3) is 0 Å². The Labute approximate surface area is 129 Å². The van der Waals surface area contributed by atoms with Gasteiger partial charge in [0.2, 0.25) is 0 Å². The summed E-state index contributed by atoms with van der Waals surface area (Å²) in [4.78, 5) is 4.21. The van der Waals surface area contributed by atoms with Crippen LogP contribution in [0.2, 0.25) is 10.0 Å². The van der Waals surface area contributed by atoms with Crippen LogP contribution < -0.4 is 5.32 Å². The molecule has 20 heavy (non-hydrogen) atoms. The van der Waals surface area contributed by atoms with Crippen molar-refractivity contribution in [3.05, 3.63) is 46.0 Å². The summed E-state index contributed by atoms with van der Waals surface area (Å²) in [6, 6.07) is 5.84. The highest BCUT2D eigenvalue weighted by molar-refractivity contribution is 6.35. The van der Waals surface area contributed by atoms with Crippen molar-refractivity contribution in [1.29, 1.82) is 0 Å². The van der Waals surface area contributed by atoms with E-state index in [1.807, 2.05) is 19.2 Å². The Kier molecular flexibility index (Phi) is 5.40. The highest BCUT2D eigenvalue weighted by atomic mass is 35.5. The lowest BCUT2D eigenvalue weighted by Crippen LogP contribution is -2.23. The van der Waals surface area contributed by atoms with E-state index < -0.39 is 0 Å². The summed E-state index contributed by atoms with van der Waals surface area (Å²) in [5, 5.41) is 9.10. The summed E-state index contributed by atoms with van der Waals surface area (Å²) in [5.41, 5.74) is 1.08. The van der Waals surface area contributed by atoms with Gasteiger partial charge >= 0.3 is 0 Å². The van der Waals surface area contributed by atoms with Gasteiger partial charge in [-0.3, -0.25) is 4.68 Å². The second-order valence-electron chi connectivity index (χ2n) is 4.67. The van der Waals surface area contributed by atoms with Crippen LogP contribution in [0.15, 0.2) is 24.5 Å². The van der Waals surface area contributed by atoms with Gasteiger partial charge in [-0.15, -0.1) is 0 Å². The van der Waals surface area contributed by atoms with Gasteiger partial charge in [-0.2, -0.15) is 5.10 Å². The third-order valence-electron chi connectivity index (χ3n) is 3.13. The standard InChI is InChI=1S/C14H18Cl2N4/c1-3-13(11-5-4-10(15)8-12(11)16)17-7-6-14-18-9-20(2)19-14/h4-5,8-9,13,17H,3,6-7H2,1-2H3. The van der Waals surface area contributed by atoms with Gasteiger partial charge in [0, 0.05) is 36.1 Å². The largest absolute Gasteiger partial charge is 0.309 e. The first-order chi connectivity index (χ1) is 9.60. The van der Waals surface area contributed by atoms with Crippen LogP contribution in [0.4, 0.5) is 0 Å². The maximum absolute atomic E-state index is 6.25. The number of halogens is 2. The zero-order valence-electron chi connectivity index (χ0n) is 11.6. The first kappa shape index (κ1) is 15.3. The van der Waals surface area contributed by atoms with Gasteiger partial charge in [0.05, 0.1) is 0 Å². The van der Waals surface area contributed by atoms with Crippen LogP contribution in [0.3, 0.4) is 0 Å². The minimum atomic E-state index is 0.212. The van der Waals surface area contributed by atoms with E-state index in [2.05, 4.69) is 22.3 Å². The third-order valence-corrected chi connectivity index (χ3v) is 3.69. The molecule has 0 radical (unpaired) electrons. The molecule has 0 aliphatic carbocycles. The zero-order chi connectivity index (χ0) is 14.5. The Morgan fingerprint density at radius 3 is 2.75 bits per heavy atom. The Morgan fingerprint density at radius 1 is 1.35 bits per heavy atom. The number of hydrogen-bond acceptors (Lipinski definition) is 3. The average Bonchev–Trinajstić information content (AvgIpc) is 2.81. The van der Waals surface area contributed by atoms with Gasteiger partial charge in [-0.1, -0.05) is 36.2 Å². The van der Waals surface area contributed by atoms with Crippen molar-refractivity contribution in [2.75, 3.05) is 6.54 Å². The van der Waals surface area contributed by atoms with Crippen LogP contribution in [0.1, 0.15) is 30.8 Å². The van der Waals surface area contributed by atoms with Crippen molar-refractivity contribution in [3.8, 4) is 0 Å². The molecule has 1 atom stereocenters. The molecule has 1 aromatic carbocycles. The Bertz CT molecular complexity index is 568. The molecule has 0 saturated carbocycles. The Hall–Kier alpha value is -1.10. The maximum atomic E-state index is 6.25. The molecule has 0 spiro atoms. The van der Waals surface area contributed by atoms with E-state index >= 15 is 0 Å². The van der Waals surface area contributed by atoms with Crippen molar-refractivity contribution >= 4 is 23.2 Å². The molecular formula is C14H18Cl2N4. The number of benzene rings is 1. The summed E-state index contributed by atoms with van der Waals surface area (Å²) < 4.78 is 1.71. The lowest BCUT2D eigenvalue weighted by Gasteiger charge is -2.18. The second-order valence-corrected chi connectivity index (χ2v) is 5.51. The molecule has 0 amide bonds. The van der Waals surface area contributed by atoms with Crippen molar-refractivity contribution in [2.24, 2.45) is 7.05 Å². The summed E-state index contributed by atoms with van der Waals surface area (Å²) in [5.74, 6) is 0.844. The summed E-state index contributed by atoms with van der Waals surface area (Å²) in [6.45, 7) is 2.93. The van der Waals surface area contributed by atoms with Crippen LogP contribution >= 0.6 is 23.2 Å². The van der Waals surface area contributed by atoms with Gasteiger partial charge < -0.3 is 5.32 Å². The van der Waals surface area contributed by atoms with Gasteiger partial charge in [0.1, 0.15) is 6.33 Å². The van der Waals surface area contributed by atoms with Crippen molar-refractivity contribution < 1.29 is 0 Å². The van der Waals surface area contributed by atoms with Crippen molar-refractivity contribution in [2.45, 2.75) is 25.8 Å². The number of nitrogens with zero attached hydrogens (tertiary/aromatic N) is 3. The number of rotatable bonds is 6. The number of nitrogens with one attached hydrogen (secondary N) is 1. The lowest BCUT2D eigenvalue weighted by molar-refractivity contribution is 0.518. The molecule has 1 aromatic heterocycles. The molecule has 6 heteroatoms. The van der Waals surface area contributed by atoms with Crippen LogP contribution in [0.5, 0.6) is 0 Å². The molecule has 0 aliphatic heterocycles. The maximum Gasteiger partial charge on any atom is 0.151 e. The van der Waals surface area contributed by atoms with Crippen LogP contribution in [0.25, 0.3) is 0 Å². The van der Waals surface area contributed by atoms with Crippen LogP contribution in [-0.4, -0.2) is 21.3 Å². The first-order valence-corrected chi connectivity index (χ1v) is 7.38. The fraction of sp³-hybridized carbons (Fsp3) is 0.429. The fourth-order valence-corrected chi connectivity index (χ4v) is 2.66. The van der Waals surface area contributed by atoms with E-state index in [-0.39, 0.29) is 6.04 Å². The SMILES string of the molecule is CCC(NCCc1ncn(C)n1)c1ccc(Cl)cc1Cl. The monoisotopic (exact) mass is 312 g/mol. The molecule has 0 bridgehead atoms. The normalized spacial score (nSPS) is 12.6. The van der Waals surface area contributed by atoms with E-state index in [9.17, 15) is 0 Å². The molecule has 4 nitrogen and oxygen atoms in total. The Balaban J connectivity index is 1.95. The topological polar surface area (TPSA) is 42.7 Å². The van der Waals surface area contributed by atoms with Gasteiger partial charge in [-0.05, 0) is 24.1 Å². The predicted octanol–water partition coefficient (Wildman–Crippen LogP) is 3.41. The molecule has 2 rings (SSSR count). The molecule has 0 aliphatic rings. The summed E-state index contributed by atoms with van der Waals surface area (Å²) in [6.07, 6.45) is 3.46. The first-order valence-electron chi connectivity index (χ1n) is 6.63. The minimum Gasteiger partial charge on any atom is -0.309 e. The van der Waals surface area contributed by atoms with Crippen molar-refractivity contribution in [1.82, 2.24) is 20.1 Å². The summed E-state index contributed by atoms with van der Waals surface area (Å²) in [7, 11) is 1.87. The van der Waals surface area contributed by atoms with E-state index in [0.717, 1.165) is 30.8 Å². The number of aromatic nitrogens is 3. The van der Waals surface area contributed by atoms with Gasteiger partial charge in [-0.25, -0.2) is 4.98 Å². The molecule has 1 unspecified atom stereocenters. The van der Waals surface area contributed by atoms with E-state index in [4.69, 9.17) is 23.2 Å². The predicted molar refractivity (Wildman–Crippen MR) is 82.2 cm³/mol. The Morgan fingerprint density at radius 2 is 2.15 bits per heavy atom. The fourth-order valence-electron chi connectivity index (χ4n) is 2.11. The minimum absolute atomic E-state index is 0.212. The highest BCUT2D eigenvalue weighted by Crippen LogP contribution is 2.27. The number of aryl methyl sites for hydroxylation is 1. The number of hydrogen-bond donors (Lipinski definition) is 1. The van der Waals surface area contributed by atoms with Crippen LogP contribution in [-0.2, 0) is 13.5 Å². The summed E-state index contributed by atoms with van der Waals surface area (Å²) >= 11 is 12.2. The molecular weight excluding hydrogens is 295 g/mol. The van der Waals surface area contributed by atoms with E-state index in [0.29, 0.717) is 10.0 Å². The molecule has 0 saturated heterocycles. The third kappa shape index (κ3) is 3.95. The van der Waals surface area contributed by atoms with E-state index in [1.165, 1.54) is 0 Å². The molecule has 1 heterocycles. The quantitative estimate of drug-likeness (QED) is 0.889. The van der Waals surface area contributed by atoms with Crippen molar-refractivity contribution in [3.63, 3.8) is 0 Å².